The molecule has 0 fully saturated rings. The lowest BCUT2D eigenvalue weighted by Crippen LogP contribution is -2.60. The first-order chi connectivity index (χ1) is 13.8. The van der Waals surface area contributed by atoms with Gasteiger partial charge < -0.3 is 18.9 Å². The van der Waals surface area contributed by atoms with Gasteiger partial charge in [-0.2, -0.15) is 5.01 Å². The molecule has 13 heteroatoms. The molecule has 0 saturated carbocycles. The standard InChI is InChI=1S/C16H21N5O8/c1-9-6-7-10-12(17-9)11(20(15(24)28-4)18-13(22)26-2)8-19(14(23)27-3)21(10)16(25)29-5/h6-7,11H,8H2,1-5H3,(H,18,22). The summed E-state index contributed by atoms with van der Waals surface area (Å²) in [5, 5.41) is 2.64. The molecule has 2 rings (SSSR count). The van der Waals surface area contributed by atoms with Crippen molar-refractivity contribution in [1.82, 2.24) is 20.4 Å². The third-order valence-corrected chi connectivity index (χ3v) is 3.99. The molecule has 0 aromatic carbocycles. The Morgan fingerprint density at radius 1 is 1.03 bits per heavy atom. The average molecular weight is 411 g/mol. The summed E-state index contributed by atoms with van der Waals surface area (Å²) in [7, 11) is 4.49. The minimum atomic E-state index is -1.04. The summed E-state index contributed by atoms with van der Waals surface area (Å²) in [6.45, 7) is 1.38. The highest BCUT2D eigenvalue weighted by molar-refractivity contribution is 5.92. The van der Waals surface area contributed by atoms with E-state index in [4.69, 9.17) is 14.2 Å². The second-order valence-corrected chi connectivity index (χ2v) is 5.65. The van der Waals surface area contributed by atoms with Crippen molar-refractivity contribution in [2.75, 3.05) is 40.0 Å². The van der Waals surface area contributed by atoms with E-state index in [1.165, 1.54) is 6.07 Å². The summed E-state index contributed by atoms with van der Waals surface area (Å²) in [6.07, 6.45) is -3.70. The second-order valence-electron chi connectivity index (χ2n) is 5.65. The normalized spacial score (nSPS) is 15.0. The molecule has 1 aliphatic rings. The molecule has 1 aromatic rings. The van der Waals surface area contributed by atoms with Crippen LogP contribution in [0.3, 0.4) is 0 Å². The molecule has 158 valence electrons. The van der Waals surface area contributed by atoms with E-state index in [0.29, 0.717) is 5.69 Å². The van der Waals surface area contributed by atoms with Crippen molar-refractivity contribution in [3.05, 3.63) is 23.5 Å². The number of hydrogen-bond acceptors (Lipinski definition) is 9. The predicted molar refractivity (Wildman–Crippen MR) is 95.5 cm³/mol. The molecule has 0 radical (unpaired) electrons. The van der Waals surface area contributed by atoms with E-state index in [-0.39, 0.29) is 17.9 Å². The van der Waals surface area contributed by atoms with E-state index >= 15 is 0 Å². The first kappa shape index (κ1) is 21.5. The molecular formula is C16H21N5O8. The lowest BCUT2D eigenvalue weighted by molar-refractivity contribution is 0.0444. The van der Waals surface area contributed by atoms with Crippen LogP contribution >= 0.6 is 0 Å². The largest absolute Gasteiger partial charge is 0.452 e. The SMILES string of the molecule is COC(=O)NN(C(=O)OC)C1CN(C(=O)OC)N(C(=O)OC)c2ccc(C)nc21. The number of hydrogen-bond donors (Lipinski definition) is 1. The highest BCUT2D eigenvalue weighted by Gasteiger charge is 2.44. The van der Waals surface area contributed by atoms with E-state index in [0.717, 1.165) is 43.5 Å². The second kappa shape index (κ2) is 8.95. The zero-order chi connectivity index (χ0) is 21.7. The molecule has 1 aromatic heterocycles. The van der Waals surface area contributed by atoms with Crippen LogP contribution in [0.25, 0.3) is 0 Å². The van der Waals surface area contributed by atoms with Crippen molar-refractivity contribution < 1.29 is 38.1 Å². The summed E-state index contributed by atoms with van der Waals surface area (Å²) in [5.41, 5.74) is 3.14. The Labute approximate surface area is 166 Å². The van der Waals surface area contributed by atoms with Crippen molar-refractivity contribution in [1.29, 1.82) is 0 Å². The Morgan fingerprint density at radius 3 is 2.24 bits per heavy atom. The van der Waals surface area contributed by atoms with Crippen LogP contribution < -0.4 is 10.4 Å². The Morgan fingerprint density at radius 2 is 1.69 bits per heavy atom. The van der Waals surface area contributed by atoms with Crippen LogP contribution in [0.5, 0.6) is 0 Å². The maximum absolute atomic E-state index is 12.4. The number of nitrogens with zero attached hydrogens (tertiary/aromatic N) is 4. The van der Waals surface area contributed by atoms with Gasteiger partial charge in [0.15, 0.2) is 0 Å². The molecule has 4 amide bonds. The molecule has 29 heavy (non-hydrogen) atoms. The van der Waals surface area contributed by atoms with Crippen molar-refractivity contribution in [3.63, 3.8) is 0 Å². The topological polar surface area (TPSA) is 140 Å². The number of carbonyl (C=O) groups excluding carboxylic acids is 4. The summed E-state index contributed by atoms with van der Waals surface area (Å²) < 4.78 is 18.8. The van der Waals surface area contributed by atoms with E-state index < -0.39 is 30.4 Å². The zero-order valence-electron chi connectivity index (χ0n) is 16.5. The van der Waals surface area contributed by atoms with Gasteiger partial charge in [0.25, 0.3) is 0 Å². The number of pyridine rings is 1. The third-order valence-electron chi connectivity index (χ3n) is 3.99. The highest BCUT2D eigenvalue weighted by Crippen LogP contribution is 2.36. The van der Waals surface area contributed by atoms with Gasteiger partial charge in [-0.05, 0) is 19.1 Å². The van der Waals surface area contributed by atoms with Crippen LogP contribution in [0, 0.1) is 6.92 Å². The molecule has 0 saturated heterocycles. The third kappa shape index (κ3) is 4.23. The highest BCUT2D eigenvalue weighted by atomic mass is 16.6. The van der Waals surface area contributed by atoms with Gasteiger partial charge in [-0.15, -0.1) is 0 Å². The number of nitrogens with one attached hydrogen (secondary N) is 1. The summed E-state index contributed by atoms with van der Waals surface area (Å²) in [4.78, 5) is 53.2. The number of carbonyl (C=O) groups is 4. The first-order valence-corrected chi connectivity index (χ1v) is 8.21. The summed E-state index contributed by atoms with van der Waals surface area (Å²) in [5.74, 6) is 0. The van der Waals surface area contributed by atoms with Crippen LogP contribution in [0.4, 0.5) is 24.9 Å². The first-order valence-electron chi connectivity index (χ1n) is 8.21. The molecule has 2 heterocycles. The fraction of sp³-hybridized carbons (Fsp3) is 0.438. The minimum absolute atomic E-state index is 0.143. The average Bonchev–Trinajstić information content (AvgIpc) is 2.74. The molecule has 1 unspecified atom stereocenters. The number of hydrazine groups is 2. The van der Waals surface area contributed by atoms with Gasteiger partial charge in [0.05, 0.1) is 46.4 Å². The van der Waals surface area contributed by atoms with Gasteiger partial charge in [-0.1, -0.05) is 0 Å². The van der Waals surface area contributed by atoms with E-state index in [9.17, 15) is 19.2 Å². The van der Waals surface area contributed by atoms with E-state index in [1.54, 1.807) is 13.0 Å². The summed E-state index contributed by atoms with van der Waals surface area (Å²) in [6, 6.07) is 2.07. The lowest BCUT2D eigenvalue weighted by atomic mass is 10.1. The van der Waals surface area contributed by atoms with Crippen molar-refractivity contribution in [2.45, 2.75) is 13.0 Å². The maximum Gasteiger partial charge on any atom is 0.433 e. The fourth-order valence-corrected chi connectivity index (χ4v) is 2.70. The van der Waals surface area contributed by atoms with Crippen molar-refractivity contribution in [3.8, 4) is 0 Å². The molecule has 13 nitrogen and oxygen atoms in total. The monoisotopic (exact) mass is 411 g/mol. The van der Waals surface area contributed by atoms with Crippen molar-refractivity contribution >= 4 is 30.1 Å². The molecular weight excluding hydrogens is 390 g/mol. The summed E-state index contributed by atoms with van der Waals surface area (Å²) >= 11 is 0. The number of aryl methyl sites for hydroxylation is 1. The predicted octanol–water partition coefficient (Wildman–Crippen LogP) is 1.34. The quantitative estimate of drug-likeness (QED) is 0.535. The molecule has 0 aliphatic carbocycles. The number of ether oxygens (including phenoxy) is 4. The van der Waals surface area contributed by atoms with E-state index in [2.05, 4.69) is 15.1 Å². The number of amides is 4. The van der Waals surface area contributed by atoms with E-state index in [1.807, 2.05) is 0 Å². The van der Waals surface area contributed by atoms with Gasteiger partial charge in [0, 0.05) is 5.69 Å². The van der Waals surface area contributed by atoms with Crippen LogP contribution in [-0.2, 0) is 18.9 Å². The number of rotatable bonds is 1. The van der Waals surface area contributed by atoms with Gasteiger partial charge in [0.1, 0.15) is 6.04 Å². The number of aromatic nitrogens is 1. The van der Waals surface area contributed by atoms with Crippen LogP contribution in [-0.4, -0.2) is 74.4 Å². The van der Waals surface area contributed by atoms with Crippen LogP contribution in [0.15, 0.2) is 12.1 Å². The van der Waals surface area contributed by atoms with Gasteiger partial charge in [0.2, 0.25) is 0 Å². The Hall–Kier alpha value is -3.77. The van der Waals surface area contributed by atoms with Gasteiger partial charge in [-0.25, -0.2) is 34.6 Å². The molecule has 1 N–H and O–H groups in total. The van der Waals surface area contributed by atoms with Gasteiger partial charge in [-0.3, -0.25) is 4.98 Å². The van der Waals surface area contributed by atoms with Crippen LogP contribution in [0.1, 0.15) is 17.4 Å². The Kier molecular flexibility index (Phi) is 6.64. The number of methoxy groups -OCH3 is 4. The molecule has 0 spiro atoms. The minimum Gasteiger partial charge on any atom is -0.452 e. The Bertz CT molecular complexity index is 816. The number of anilines is 1. The number of fused-ring (bicyclic) bond motifs is 1. The van der Waals surface area contributed by atoms with Gasteiger partial charge >= 0.3 is 24.4 Å². The molecule has 1 atom stereocenters. The lowest BCUT2D eigenvalue weighted by Gasteiger charge is -2.42. The zero-order valence-corrected chi connectivity index (χ0v) is 16.5. The van der Waals surface area contributed by atoms with Crippen LogP contribution in [0.2, 0.25) is 0 Å². The Balaban J connectivity index is 2.66. The fourth-order valence-electron chi connectivity index (χ4n) is 2.70. The molecule has 1 aliphatic heterocycles. The van der Waals surface area contributed by atoms with Crippen molar-refractivity contribution in [2.24, 2.45) is 0 Å². The maximum atomic E-state index is 12.4. The smallest absolute Gasteiger partial charge is 0.433 e. The molecule has 0 bridgehead atoms.